The number of carbonyl (C=O) groups excluding carboxylic acids is 1. The van der Waals surface area contributed by atoms with Gasteiger partial charge < -0.3 is 4.90 Å². The van der Waals surface area contributed by atoms with Crippen LogP contribution in [0.1, 0.15) is 21.7 Å². The number of nitrogens with zero attached hydrogens (tertiary/aromatic N) is 4. The molecule has 0 atom stereocenters. The Morgan fingerprint density at radius 2 is 1.81 bits per heavy atom. The van der Waals surface area contributed by atoms with Gasteiger partial charge in [-0.05, 0) is 31.2 Å². The standard InChI is InChI=1S/C19H16F2N4O2/c1-12-2-4-13(5-3-12)18(26)23-8-9-24-17(11-23)22-25(19(24)27)16-7-6-14(20)10-15(16)21/h2-7,10H,8-9,11H2,1H3. The number of carbonyl (C=O) groups is 1. The van der Waals surface area contributed by atoms with Gasteiger partial charge >= 0.3 is 5.69 Å². The molecule has 1 amide bonds. The van der Waals surface area contributed by atoms with Crippen molar-refractivity contribution < 1.29 is 13.6 Å². The summed E-state index contributed by atoms with van der Waals surface area (Å²) in [4.78, 5) is 26.8. The van der Waals surface area contributed by atoms with Crippen molar-refractivity contribution in [3.63, 3.8) is 0 Å². The second-order valence-electron chi connectivity index (χ2n) is 6.45. The lowest BCUT2D eigenvalue weighted by Gasteiger charge is -2.26. The average Bonchev–Trinajstić information content (AvgIpc) is 2.98. The maximum Gasteiger partial charge on any atom is 0.350 e. The highest BCUT2D eigenvalue weighted by Crippen LogP contribution is 2.16. The third-order valence-electron chi connectivity index (χ3n) is 4.59. The third kappa shape index (κ3) is 3.03. The lowest BCUT2D eigenvalue weighted by atomic mass is 10.1. The Bertz CT molecular complexity index is 1090. The van der Waals surface area contributed by atoms with Gasteiger partial charge in [0.2, 0.25) is 0 Å². The van der Waals surface area contributed by atoms with Crippen LogP contribution in [0.4, 0.5) is 8.78 Å². The molecule has 0 fully saturated rings. The molecule has 0 aliphatic carbocycles. The fourth-order valence-corrected chi connectivity index (χ4v) is 3.11. The molecular formula is C19H16F2N4O2. The normalized spacial score (nSPS) is 13.5. The number of benzene rings is 2. The van der Waals surface area contributed by atoms with Crippen molar-refractivity contribution in [2.45, 2.75) is 20.0 Å². The van der Waals surface area contributed by atoms with Crippen molar-refractivity contribution in [3.8, 4) is 5.69 Å². The van der Waals surface area contributed by atoms with Crippen molar-refractivity contribution in [2.75, 3.05) is 6.54 Å². The van der Waals surface area contributed by atoms with E-state index in [9.17, 15) is 18.4 Å². The van der Waals surface area contributed by atoms with E-state index in [1.807, 2.05) is 19.1 Å². The van der Waals surface area contributed by atoms with Crippen LogP contribution in [0.3, 0.4) is 0 Å². The second kappa shape index (κ2) is 6.46. The third-order valence-corrected chi connectivity index (χ3v) is 4.59. The van der Waals surface area contributed by atoms with E-state index < -0.39 is 17.3 Å². The molecule has 27 heavy (non-hydrogen) atoms. The summed E-state index contributed by atoms with van der Waals surface area (Å²) in [6.45, 7) is 2.68. The van der Waals surface area contributed by atoms with E-state index in [1.165, 1.54) is 10.6 Å². The largest absolute Gasteiger partial charge is 0.350 e. The summed E-state index contributed by atoms with van der Waals surface area (Å²) in [6, 6.07) is 10.2. The summed E-state index contributed by atoms with van der Waals surface area (Å²) in [6.07, 6.45) is 0. The summed E-state index contributed by atoms with van der Waals surface area (Å²) in [5.41, 5.74) is 0.970. The Balaban J connectivity index is 1.65. The molecule has 1 aliphatic heterocycles. The van der Waals surface area contributed by atoms with Gasteiger partial charge in [-0.3, -0.25) is 9.36 Å². The molecule has 1 aromatic heterocycles. The van der Waals surface area contributed by atoms with E-state index in [2.05, 4.69) is 5.10 Å². The summed E-state index contributed by atoms with van der Waals surface area (Å²) < 4.78 is 29.5. The Hall–Kier alpha value is -3.29. The molecule has 0 N–H and O–H groups in total. The molecule has 0 saturated heterocycles. The molecule has 1 aliphatic rings. The first kappa shape index (κ1) is 17.1. The maximum atomic E-state index is 14.0. The first-order chi connectivity index (χ1) is 12.9. The highest BCUT2D eigenvalue weighted by atomic mass is 19.1. The van der Waals surface area contributed by atoms with Crippen molar-refractivity contribution in [1.82, 2.24) is 19.2 Å². The van der Waals surface area contributed by atoms with Crippen LogP contribution in [0.5, 0.6) is 0 Å². The van der Waals surface area contributed by atoms with Crippen LogP contribution in [-0.4, -0.2) is 31.7 Å². The Kier molecular flexibility index (Phi) is 4.10. The van der Waals surface area contributed by atoms with E-state index >= 15 is 0 Å². The Labute approximate surface area is 153 Å². The van der Waals surface area contributed by atoms with Gasteiger partial charge in [0.15, 0.2) is 11.6 Å². The molecular weight excluding hydrogens is 354 g/mol. The second-order valence-corrected chi connectivity index (χ2v) is 6.45. The van der Waals surface area contributed by atoms with E-state index in [4.69, 9.17) is 0 Å². The zero-order chi connectivity index (χ0) is 19.1. The molecule has 0 unspecified atom stereocenters. The number of fused-ring (bicyclic) bond motifs is 1. The SMILES string of the molecule is Cc1ccc(C(=O)N2CCn3c(nn(-c4ccc(F)cc4F)c3=O)C2)cc1. The summed E-state index contributed by atoms with van der Waals surface area (Å²) in [5, 5.41) is 4.16. The molecule has 3 aromatic rings. The maximum absolute atomic E-state index is 14.0. The first-order valence-electron chi connectivity index (χ1n) is 8.44. The van der Waals surface area contributed by atoms with Crippen LogP contribution in [0.15, 0.2) is 47.3 Å². The molecule has 0 saturated carbocycles. The topological polar surface area (TPSA) is 60.1 Å². The molecule has 0 radical (unpaired) electrons. The van der Waals surface area contributed by atoms with Gasteiger partial charge in [-0.1, -0.05) is 17.7 Å². The average molecular weight is 370 g/mol. The van der Waals surface area contributed by atoms with Crippen molar-refractivity contribution in [2.24, 2.45) is 0 Å². The Morgan fingerprint density at radius 3 is 2.52 bits per heavy atom. The number of amides is 1. The van der Waals surface area contributed by atoms with Gasteiger partial charge in [0.1, 0.15) is 11.5 Å². The molecule has 6 nitrogen and oxygen atoms in total. The number of halogens is 2. The number of hydrogen-bond donors (Lipinski definition) is 0. The fraction of sp³-hybridized carbons (Fsp3) is 0.211. The smallest absolute Gasteiger partial charge is 0.329 e. The van der Waals surface area contributed by atoms with Crippen molar-refractivity contribution in [1.29, 1.82) is 0 Å². The zero-order valence-electron chi connectivity index (χ0n) is 14.5. The molecule has 4 rings (SSSR count). The molecule has 2 heterocycles. The molecule has 138 valence electrons. The van der Waals surface area contributed by atoms with Gasteiger partial charge in [-0.15, -0.1) is 5.10 Å². The quantitative estimate of drug-likeness (QED) is 0.695. The van der Waals surface area contributed by atoms with Crippen LogP contribution in [0.2, 0.25) is 0 Å². The highest BCUT2D eigenvalue weighted by Gasteiger charge is 2.26. The van der Waals surface area contributed by atoms with Gasteiger partial charge in [0.25, 0.3) is 5.91 Å². The minimum absolute atomic E-state index is 0.125. The summed E-state index contributed by atoms with van der Waals surface area (Å²) >= 11 is 0. The van der Waals surface area contributed by atoms with Crippen LogP contribution in [-0.2, 0) is 13.1 Å². The molecule has 2 aromatic carbocycles. The Morgan fingerprint density at radius 1 is 1.07 bits per heavy atom. The minimum Gasteiger partial charge on any atom is -0.329 e. The number of aromatic nitrogens is 3. The van der Waals surface area contributed by atoms with Gasteiger partial charge in [0, 0.05) is 24.7 Å². The van der Waals surface area contributed by atoms with Crippen LogP contribution < -0.4 is 5.69 Å². The van der Waals surface area contributed by atoms with Crippen LogP contribution in [0.25, 0.3) is 5.69 Å². The van der Waals surface area contributed by atoms with E-state index in [1.54, 1.807) is 17.0 Å². The number of aryl methyl sites for hydroxylation is 1. The predicted molar refractivity (Wildman–Crippen MR) is 93.7 cm³/mol. The van der Waals surface area contributed by atoms with E-state index in [0.29, 0.717) is 24.0 Å². The highest BCUT2D eigenvalue weighted by molar-refractivity contribution is 5.94. The van der Waals surface area contributed by atoms with Crippen molar-refractivity contribution in [3.05, 3.63) is 81.5 Å². The fourth-order valence-electron chi connectivity index (χ4n) is 3.11. The number of hydrogen-bond acceptors (Lipinski definition) is 3. The van der Waals surface area contributed by atoms with Crippen LogP contribution in [0, 0.1) is 18.6 Å². The van der Waals surface area contributed by atoms with E-state index in [-0.39, 0.29) is 24.7 Å². The first-order valence-corrected chi connectivity index (χ1v) is 8.44. The van der Waals surface area contributed by atoms with Gasteiger partial charge in [0.05, 0.1) is 6.54 Å². The molecule has 0 spiro atoms. The van der Waals surface area contributed by atoms with Gasteiger partial charge in [-0.2, -0.15) is 4.68 Å². The lowest BCUT2D eigenvalue weighted by molar-refractivity contribution is 0.0706. The lowest BCUT2D eigenvalue weighted by Crippen LogP contribution is -2.40. The minimum atomic E-state index is -0.875. The monoisotopic (exact) mass is 370 g/mol. The van der Waals surface area contributed by atoms with Crippen LogP contribution >= 0.6 is 0 Å². The molecule has 8 heteroatoms. The predicted octanol–water partition coefficient (Wildman–Crippen LogP) is 2.28. The van der Waals surface area contributed by atoms with Crippen molar-refractivity contribution >= 4 is 5.91 Å². The summed E-state index contributed by atoms with van der Waals surface area (Å²) in [7, 11) is 0. The molecule has 0 bridgehead atoms. The summed E-state index contributed by atoms with van der Waals surface area (Å²) in [5.74, 6) is -1.41. The van der Waals surface area contributed by atoms with Gasteiger partial charge in [-0.25, -0.2) is 13.6 Å². The zero-order valence-corrected chi connectivity index (χ0v) is 14.5. The van der Waals surface area contributed by atoms with E-state index in [0.717, 1.165) is 16.3 Å². The number of rotatable bonds is 2.